The van der Waals surface area contributed by atoms with Crippen molar-refractivity contribution in [2.24, 2.45) is 0 Å². The van der Waals surface area contributed by atoms with E-state index >= 15 is 0 Å². The summed E-state index contributed by atoms with van der Waals surface area (Å²) in [6.07, 6.45) is -1.96. The van der Waals surface area contributed by atoms with Gasteiger partial charge >= 0.3 is 0 Å². The molecule has 2 aromatic rings. The maximum Gasteiger partial charge on any atom is 0.293 e. The van der Waals surface area contributed by atoms with E-state index in [4.69, 9.17) is 0 Å². The van der Waals surface area contributed by atoms with E-state index in [1.54, 1.807) is 23.1 Å². The molecule has 0 saturated carbocycles. The van der Waals surface area contributed by atoms with Crippen LogP contribution in [-0.2, 0) is 10.0 Å². The lowest BCUT2D eigenvalue weighted by Gasteiger charge is -2.17. The fraction of sp³-hybridized carbons (Fsp3) is 0.316. The monoisotopic (exact) mass is 454 g/mol. The predicted octanol–water partition coefficient (Wildman–Crippen LogP) is 2.46. The van der Waals surface area contributed by atoms with Gasteiger partial charge in [-0.2, -0.15) is 0 Å². The highest BCUT2D eigenvalue weighted by molar-refractivity contribution is 7.90. The van der Waals surface area contributed by atoms with Crippen LogP contribution in [0, 0.1) is 10.1 Å². The minimum absolute atomic E-state index is 0.0715. The number of hydrogen-bond acceptors (Lipinski definition) is 7. The molecule has 3 rings (SSSR count). The summed E-state index contributed by atoms with van der Waals surface area (Å²) in [6.45, 7) is 0.334. The number of nitrogens with zero attached hydrogens (tertiary/aromatic N) is 2. The second-order valence-corrected chi connectivity index (χ2v) is 8.70. The molecule has 1 fully saturated rings. The largest absolute Gasteiger partial charge is 0.375 e. The van der Waals surface area contributed by atoms with Crippen molar-refractivity contribution in [2.45, 2.75) is 23.8 Å². The molecule has 1 aliphatic rings. The third-order valence-corrected chi connectivity index (χ3v) is 6.10. The van der Waals surface area contributed by atoms with E-state index in [1.807, 2.05) is 4.72 Å². The number of sulfonamides is 1. The second-order valence-electron chi connectivity index (χ2n) is 7.02. The minimum Gasteiger partial charge on any atom is -0.375 e. The zero-order chi connectivity index (χ0) is 22.6. The summed E-state index contributed by atoms with van der Waals surface area (Å²) < 4.78 is 52.0. The van der Waals surface area contributed by atoms with Gasteiger partial charge in [0.05, 0.1) is 16.4 Å². The van der Waals surface area contributed by atoms with E-state index in [0.717, 1.165) is 12.1 Å². The van der Waals surface area contributed by atoms with E-state index in [0.29, 0.717) is 13.0 Å². The third kappa shape index (κ3) is 5.73. The highest BCUT2D eigenvalue weighted by Gasteiger charge is 2.28. The smallest absolute Gasteiger partial charge is 0.293 e. The van der Waals surface area contributed by atoms with Gasteiger partial charge in [-0.15, -0.1) is 0 Å². The molecule has 1 aliphatic heterocycles. The van der Waals surface area contributed by atoms with Crippen molar-refractivity contribution >= 4 is 27.3 Å². The Morgan fingerprint density at radius 2 is 1.94 bits per heavy atom. The molecule has 31 heavy (non-hydrogen) atoms. The van der Waals surface area contributed by atoms with E-state index in [-0.39, 0.29) is 30.4 Å². The van der Waals surface area contributed by atoms with Crippen LogP contribution in [0.2, 0.25) is 0 Å². The van der Waals surface area contributed by atoms with Crippen LogP contribution in [0.5, 0.6) is 0 Å². The molecular formula is C19H20F2N4O5S. The summed E-state index contributed by atoms with van der Waals surface area (Å²) in [5.74, 6) is -0.865. The SMILES string of the molecule is O=C(NS(=O)(=O)c1ccc(N[C@@H]2CCN(CC(F)F)C2)c([N+](=O)[O-])c1)c1ccccc1. The maximum absolute atomic E-state index is 12.5. The first-order chi connectivity index (χ1) is 14.7. The number of nitro groups is 1. The van der Waals surface area contributed by atoms with Gasteiger partial charge in [0, 0.05) is 30.8 Å². The normalized spacial score (nSPS) is 16.9. The van der Waals surface area contributed by atoms with Crippen molar-refractivity contribution in [1.29, 1.82) is 0 Å². The Labute approximate surface area is 177 Å². The number of halogens is 2. The van der Waals surface area contributed by atoms with E-state index in [9.17, 15) is 32.1 Å². The van der Waals surface area contributed by atoms with Crippen molar-refractivity contribution in [3.8, 4) is 0 Å². The summed E-state index contributed by atoms with van der Waals surface area (Å²) in [5.41, 5.74) is -0.307. The number of nitro benzene ring substituents is 1. The lowest BCUT2D eigenvalue weighted by molar-refractivity contribution is -0.384. The van der Waals surface area contributed by atoms with Crippen LogP contribution in [0.4, 0.5) is 20.2 Å². The first kappa shape index (κ1) is 22.6. The van der Waals surface area contributed by atoms with Crippen LogP contribution >= 0.6 is 0 Å². The summed E-state index contributed by atoms with van der Waals surface area (Å²) in [4.78, 5) is 24.0. The quantitative estimate of drug-likeness (QED) is 0.464. The Hall–Kier alpha value is -3.12. The van der Waals surface area contributed by atoms with Crippen LogP contribution in [0.3, 0.4) is 0 Å². The Kier molecular flexibility index (Phi) is 6.81. The standard InChI is InChI=1S/C19H20F2N4O5S/c20-18(21)12-24-9-8-14(11-24)22-16-7-6-15(10-17(16)25(27)28)31(29,30)23-19(26)13-4-2-1-3-5-13/h1-7,10,14,18,22H,8-9,11-12H2,(H,23,26)/t14-/m1/s1. The summed E-state index contributed by atoms with van der Waals surface area (Å²) >= 11 is 0. The number of carbonyl (C=O) groups is 1. The number of anilines is 1. The average Bonchev–Trinajstić information content (AvgIpc) is 3.14. The number of benzene rings is 2. The molecule has 1 atom stereocenters. The van der Waals surface area contributed by atoms with Gasteiger partial charge in [-0.25, -0.2) is 21.9 Å². The average molecular weight is 454 g/mol. The Balaban J connectivity index is 1.77. The Bertz CT molecular complexity index is 1070. The van der Waals surface area contributed by atoms with Gasteiger partial charge in [0.25, 0.3) is 28.0 Å². The molecule has 2 aromatic carbocycles. The number of rotatable bonds is 8. The number of amides is 1. The topological polar surface area (TPSA) is 122 Å². The van der Waals surface area contributed by atoms with Gasteiger partial charge in [0.1, 0.15) is 5.69 Å². The number of likely N-dealkylation sites (tertiary alicyclic amines) is 1. The molecule has 0 spiro atoms. The summed E-state index contributed by atoms with van der Waals surface area (Å²) in [7, 11) is -4.35. The van der Waals surface area contributed by atoms with Crippen molar-refractivity contribution in [1.82, 2.24) is 9.62 Å². The molecule has 0 bridgehead atoms. The molecule has 0 unspecified atom stereocenters. The van der Waals surface area contributed by atoms with Gasteiger partial charge in [-0.1, -0.05) is 18.2 Å². The second kappa shape index (κ2) is 9.35. The molecule has 1 saturated heterocycles. The molecular weight excluding hydrogens is 434 g/mol. The Morgan fingerprint density at radius 3 is 2.58 bits per heavy atom. The highest BCUT2D eigenvalue weighted by Crippen LogP contribution is 2.29. The third-order valence-electron chi connectivity index (χ3n) is 4.77. The zero-order valence-electron chi connectivity index (χ0n) is 16.2. The zero-order valence-corrected chi connectivity index (χ0v) is 17.0. The molecule has 1 amide bonds. The number of carbonyl (C=O) groups excluding carboxylic acids is 1. The molecule has 9 nitrogen and oxygen atoms in total. The molecule has 0 radical (unpaired) electrons. The van der Waals surface area contributed by atoms with E-state index < -0.39 is 37.9 Å². The highest BCUT2D eigenvalue weighted by atomic mass is 32.2. The van der Waals surface area contributed by atoms with Gasteiger partial charge < -0.3 is 5.32 Å². The fourth-order valence-electron chi connectivity index (χ4n) is 3.31. The van der Waals surface area contributed by atoms with Crippen molar-refractivity contribution in [2.75, 3.05) is 25.0 Å². The van der Waals surface area contributed by atoms with Crippen LogP contribution in [0.1, 0.15) is 16.8 Å². The van der Waals surface area contributed by atoms with Crippen LogP contribution < -0.4 is 10.0 Å². The van der Waals surface area contributed by atoms with Crippen LogP contribution in [-0.4, -0.2) is 56.2 Å². The number of alkyl halides is 2. The minimum atomic E-state index is -4.35. The summed E-state index contributed by atoms with van der Waals surface area (Å²) in [6, 6.07) is 10.6. The van der Waals surface area contributed by atoms with Gasteiger partial charge in [-0.05, 0) is 30.7 Å². The maximum atomic E-state index is 12.5. The van der Waals surface area contributed by atoms with Gasteiger partial charge in [0.15, 0.2) is 0 Å². The fourth-order valence-corrected chi connectivity index (χ4v) is 4.31. The number of nitrogens with one attached hydrogen (secondary N) is 2. The summed E-state index contributed by atoms with van der Waals surface area (Å²) in [5, 5.41) is 14.4. The molecule has 0 aromatic heterocycles. The molecule has 0 aliphatic carbocycles. The predicted molar refractivity (Wildman–Crippen MR) is 109 cm³/mol. The van der Waals surface area contributed by atoms with E-state index in [2.05, 4.69) is 5.32 Å². The lowest BCUT2D eigenvalue weighted by Crippen LogP contribution is -2.31. The molecule has 166 valence electrons. The Morgan fingerprint density at radius 1 is 1.23 bits per heavy atom. The van der Waals surface area contributed by atoms with Gasteiger partial charge in [0.2, 0.25) is 0 Å². The molecule has 12 heteroatoms. The van der Waals surface area contributed by atoms with Gasteiger partial charge in [-0.3, -0.25) is 19.8 Å². The van der Waals surface area contributed by atoms with Crippen molar-refractivity contribution < 1.29 is 26.9 Å². The molecule has 1 heterocycles. The van der Waals surface area contributed by atoms with Crippen molar-refractivity contribution in [3.05, 3.63) is 64.2 Å². The van der Waals surface area contributed by atoms with E-state index in [1.165, 1.54) is 18.2 Å². The lowest BCUT2D eigenvalue weighted by atomic mass is 10.2. The first-order valence-corrected chi connectivity index (χ1v) is 10.8. The van der Waals surface area contributed by atoms with Crippen LogP contribution in [0.25, 0.3) is 0 Å². The number of hydrogen-bond donors (Lipinski definition) is 2. The first-order valence-electron chi connectivity index (χ1n) is 9.33. The van der Waals surface area contributed by atoms with Crippen LogP contribution in [0.15, 0.2) is 53.4 Å². The molecule has 2 N–H and O–H groups in total. The van der Waals surface area contributed by atoms with Crippen molar-refractivity contribution in [3.63, 3.8) is 0 Å².